The van der Waals surface area contributed by atoms with Crippen LogP contribution in [-0.4, -0.2) is 59.4 Å². The molecule has 2 aromatic rings. The number of carbonyl (C=O) groups excluding carboxylic acids is 1. The largest absolute Gasteiger partial charge is 0.334 e. The molecule has 2 aliphatic rings. The fourth-order valence-electron chi connectivity index (χ4n) is 4.51. The molecule has 0 saturated carbocycles. The Labute approximate surface area is 188 Å². The maximum Gasteiger partial charge on any atom is 0.229 e. The van der Waals surface area contributed by atoms with Crippen LogP contribution in [0.15, 0.2) is 36.5 Å². The van der Waals surface area contributed by atoms with Crippen LogP contribution in [0.1, 0.15) is 44.3 Å². The lowest BCUT2D eigenvalue weighted by Crippen LogP contribution is -2.49. The van der Waals surface area contributed by atoms with Gasteiger partial charge in [0.25, 0.3) is 0 Å². The van der Waals surface area contributed by atoms with E-state index >= 15 is 0 Å². The number of nitrogens with zero attached hydrogens (tertiary/aromatic N) is 4. The molecule has 166 valence electrons. The number of carbonyl (C=O) groups is 1. The minimum Gasteiger partial charge on any atom is -0.334 e. The lowest BCUT2D eigenvalue weighted by atomic mass is 9.79. The maximum absolute atomic E-state index is 13.6. The third kappa shape index (κ3) is 4.61. The summed E-state index contributed by atoms with van der Waals surface area (Å²) in [6.45, 7) is 3.41. The van der Waals surface area contributed by atoms with Crippen molar-refractivity contribution >= 4 is 27.5 Å². The zero-order chi connectivity index (χ0) is 22.2. The number of aromatic nitrogens is 2. The molecule has 1 aromatic carbocycles. The van der Waals surface area contributed by atoms with Crippen LogP contribution in [0.3, 0.4) is 0 Å². The van der Waals surface area contributed by atoms with Crippen LogP contribution in [0.5, 0.6) is 0 Å². The molecule has 2 fully saturated rings. The van der Waals surface area contributed by atoms with Crippen LogP contribution in [0.25, 0.3) is 11.4 Å². The van der Waals surface area contributed by atoms with Gasteiger partial charge < -0.3 is 4.90 Å². The zero-order valence-corrected chi connectivity index (χ0v) is 19.4. The van der Waals surface area contributed by atoms with Gasteiger partial charge in [0.1, 0.15) is 0 Å². The lowest BCUT2D eigenvalue weighted by Gasteiger charge is -2.40. The number of benzene rings is 1. The van der Waals surface area contributed by atoms with Crippen molar-refractivity contribution in [3.63, 3.8) is 0 Å². The number of hydrogen-bond acceptors (Lipinski definition) is 5. The third-order valence-corrected chi connectivity index (χ3v) is 7.96. The van der Waals surface area contributed by atoms with Crippen molar-refractivity contribution < 1.29 is 13.2 Å². The summed E-state index contributed by atoms with van der Waals surface area (Å²) in [5.41, 5.74) is 1.10. The van der Waals surface area contributed by atoms with Gasteiger partial charge >= 0.3 is 0 Å². The molecule has 2 aliphatic heterocycles. The number of likely N-dealkylation sites (tertiary alicyclic amines) is 1. The second kappa shape index (κ2) is 8.48. The van der Waals surface area contributed by atoms with Crippen LogP contribution in [-0.2, 0) is 14.8 Å². The molecule has 0 spiro atoms. The van der Waals surface area contributed by atoms with Gasteiger partial charge in [0, 0.05) is 41.8 Å². The van der Waals surface area contributed by atoms with Gasteiger partial charge in [-0.3, -0.25) is 4.79 Å². The number of halogens is 1. The smallest absolute Gasteiger partial charge is 0.229 e. The summed E-state index contributed by atoms with van der Waals surface area (Å²) in [7, 11) is -3.23. The minimum atomic E-state index is -3.23. The number of rotatable bonds is 4. The number of piperidine rings is 1. The Hall–Kier alpha value is -2.03. The molecule has 0 radical (unpaired) electrons. The van der Waals surface area contributed by atoms with E-state index in [-0.39, 0.29) is 11.9 Å². The predicted molar refractivity (Wildman–Crippen MR) is 120 cm³/mol. The van der Waals surface area contributed by atoms with Gasteiger partial charge in [-0.2, -0.15) is 0 Å². The first-order valence-electron chi connectivity index (χ1n) is 10.5. The van der Waals surface area contributed by atoms with Crippen LogP contribution >= 0.6 is 11.6 Å². The van der Waals surface area contributed by atoms with E-state index in [0.29, 0.717) is 43.3 Å². The molecule has 1 unspecified atom stereocenters. The molecular weight excluding hydrogens is 436 g/mol. The molecule has 0 bridgehead atoms. The van der Waals surface area contributed by atoms with Crippen molar-refractivity contribution in [3.8, 4) is 11.4 Å². The summed E-state index contributed by atoms with van der Waals surface area (Å²) < 4.78 is 25.1. The standard InChI is InChI=1S/C22H27ClN4O3S/c1-22(9-13-26(14-10-22)31(2,29)30)21(28)27-12-4-7-19(27)18-8-11-24-20(25-18)16-5-3-6-17(23)15-16/h3,5-6,8,11,15,19H,4,7,9-10,12-14H2,1-2H3. The highest BCUT2D eigenvalue weighted by Crippen LogP contribution is 2.40. The number of hydrogen-bond donors (Lipinski definition) is 0. The Morgan fingerprint density at radius 1 is 1.19 bits per heavy atom. The van der Waals surface area contributed by atoms with E-state index in [1.165, 1.54) is 10.6 Å². The average Bonchev–Trinajstić information content (AvgIpc) is 3.23. The highest BCUT2D eigenvalue weighted by molar-refractivity contribution is 7.88. The Balaban J connectivity index is 1.54. The van der Waals surface area contributed by atoms with Crippen molar-refractivity contribution in [2.75, 3.05) is 25.9 Å². The van der Waals surface area contributed by atoms with E-state index in [1.807, 2.05) is 42.2 Å². The first-order chi connectivity index (χ1) is 14.7. The molecule has 1 amide bonds. The van der Waals surface area contributed by atoms with Crippen molar-refractivity contribution in [1.29, 1.82) is 0 Å². The first-order valence-corrected chi connectivity index (χ1v) is 12.8. The van der Waals surface area contributed by atoms with Crippen molar-refractivity contribution in [1.82, 2.24) is 19.2 Å². The Morgan fingerprint density at radius 3 is 2.61 bits per heavy atom. The molecule has 7 nitrogen and oxygen atoms in total. The van der Waals surface area contributed by atoms with Crippen LogP contribution < -0.4 is 0 Å². The molecular formula is C22H27ClN4O3S. The zero-order valence-electron chi connectivity index (χ0n) is 17.8. The molecule has 1 aromatic heterocycles. The van der Waals surface area contributed by atoms with Crippen molar-refractivity contribution in [2.45, 2.75) is 38.6 Å². The molecule has 4 rings (SSSR count). The average molecular weight is 463 g/mol. The SMILES string of the molecule is CC1(C(=O)N2CCCC2c2ccnc(-c3cccc(Cl)c3)n2)CCN(S(C)(=O)=O)CC1. The lowest BCUT2D eigenvalue weighted by molar-refractivity contribution is -0.144. The van der Waals surface area contributed by atoms with Gasteiger partial charge in [-0.15, -0.1) is 0 Å². The molecule has 2 saturated heterocycles. The number of amides is 1. The van der Waals surface area contributed by atoms with Crippen molar-refractivity contribution in [3.05, 3.63) is 47.2 Å². The van der Waals surface area contributed by atoms with Gasteiger partial charge in [0.2, 0.25) is 15.9 Å². The Morgan fingerprint density at radius 2 is 1.94 bits per heavy atom. The quantitative estimate of drug-likeness (QED) is 0.694. The highest BCUT2D eigenvalue weighted by Gasteiger charge is 2.44. The summed E-state index contributed by atoms with van der Waals surface area (Å²) in [6, 6.07) is 9.19. The topological polar surface area (TPSA) is 83.5 Å². The van der Waals surface area contributed by atoms with Gasteiger partial charge in [-0.25, -0.2) is 22.7 Å². The highest BCUT2D eigenvalue weighted by atomic mass is 35.5. The second-order valence-corrected chi connectivity index (χ2v) is 11.1. The summed E-state index contributed by atoms with van der Waals surface area (Å²) in [5.74, 6) is 0.679. The van der Waals surface area contributed by atoms with E-state index < -0.39 is 15.4 Å². The van der Waals surface area contributed by atoms with Gasteiger partial charge in [-0.1, -0.05) is 30.7 Å². The van der Waals surface area contributed by atoms with Crippen LogP contribution in [0.2, 0.25) is 5.02 Å². The fraction of sp³-hybridized carbons (Fsp3) is 0.500. The summed E-state index contributed by atoms with van der Waals surface area (Å²) in [5, 5.41) is 0.623. The molecule has 3 heterocycles. The van der Waals surface area contributed by atoms with E-state index in [0.717, 1.165) is 24.1 Å². The second-order valence-electron chi connectivity index (χ2n) is 8.69. The molecule has 31 heavy (non-hydrogen) atoms. The number of sulfonamides is 1. The van der Waals surface area contributed by atoms with Crippen LogP contribution in [0, 0.1) is 5.41 Å². The molecule has 1 atom stereocenters. The summed E-state index contributed by atoms with van der Waals surface area (Å²) >= 11 is 6.12. The van der Waals surface area contributed by atoms with E-state index in [4.69, 9.17) is 16.6 Å². The van der Waals surface area contributed by atoms with E-state index in [1.54, 1.807) is 6.20 Å². The van der Waals surface area contributed by atoms with E-state index in [2.05, 4.69) is 4.98 Å². The van der Waals surface area contributed by atoms with Gasteiger partial charge in [0.05, 0.1) is 18.0 Å². The Bertz CT molecular complexity index is 1080. The van der Waals surface area contributed by atoms with E-state index in [9.17, 15) is 13.2 Å². The maximum atomic E-state index is 13.6. The fourth-order valence-corrected chi connectivity index (χ4v) is 5.55. The predicted octanol–water partition coefficient (Wildman–Crippen LogP) is 3.52. The summed E-state index contributed by atoms with van der Waals surface area (Å²) in [4.78, 5) is 24.6. The molecule has 0 N–H and O–H groups in total. The minimum absolute atomic E-state index is 0.0890. The van der Waals surface area contributed by atoms with Gasteiger partial charge in [0.15, 0.2) is 5.82 Å². The molecule has 9 heteroatoms. The van der Waals surface area contributed by atoms with Crippen molar-refractivity contribution in [2.24, 2.45) is 5.41 Å². The van der Waals surface area contributed by atoms with Crippen LogP contribution in [0.4, 0.5) is 0 Å². The molecule has 0 aliphatic carbocycles. The first kappa shape index (κ1) is 22.2. The third-order valence-electron chi connectivity index (χ3n) is 6.43. The normalized spacial score (nSPS) is 21.9. The summed E-state index contributed by atoms with van der Waals surface area (Å²) in [6.07, 6.45) is 5.77. The van der Waals surface area contributed by atoms with Gasteiger partial charge in [-0.05, 0) is 43.9 Å². The monoisotopic (exact) mass is 462 g/mol. The Kier molecular flexibility index (Phi) is 6.07.